The van der Waals surface area contributed by atoms with Gasteiger partial charge >= 0.3 is 0 Å². The summed E-state index contributed by atoms with van der Waals surface area (Å²) in [5.41, 5.74) is -0.00847. The van der Waals surface area contributed by atoms with E-state index in [0.717, 1.165) is 25.3 Å². The molecule has 2 saturated heterocycles. The number of benzene rings is 1. The van der Waals surface area contributed by atoms with Gasteiger partial charge in [-0.3, -0.25) is 4.79 Å². The van der Waals surface area contributed by atoms with E-state index in [1.807, 2.05) is 0 Å². The fourth-order valence-corrected chi connectivity index (χ4v) is 5.38. The van der Waals surface area contributed by atoms with Crippen LogP contribution in [0.3, 0.4) is 0 Å². The molecule has 0 saturated carbocycles. The lowest BCUT2D eigenvalue weighted by Crippen LogP contribution is -2.61. The number of likely N-dealkylation sites (N-methyl/N-ethyl adjacent to an activating group) is 1. The second-order valence-corrected chi connectivity index (χ2v) is 8.82. The number of carbonyl (C=O) groups excluding carboxylic acids is 1. The fraction of sp³-hybridized carbons (Fsp3) is 0.588. The van der Waals surface area contributed by atoms with Crippen LogP contribution in [-0.2, 0) is 14.8 Å². The van der Waals surface area contributed by atoms with Crippen LogP contribution in [0.5, 0.6) is 0 Å². The van der Waals surface area contributed by atoms with Gasteiger partial charge in [0.15, 0.2) is 0 Å². The predicted octanol–water partition coefficient (Wildman–Crippen LogP) is 2.30. The normalized spacial score (nSPS) is 26.1. The minimum atomic E-state index is -3.76. The average molecular weight is 354 g/mol. The summed E-state index contributed by atoms with van der Waals surface area (Å²) in [7, 11) is -2.00. The number of likely N-dealkylation sites (tertiary alicyclic amines) is 1. The van der Waals surface area contributed by atoms with Crippen LogP contribution in [0.2, 0.25) is 0 Å². The molecule has 5 nitrogen and oxygen atoms in total. The molecule has 2 heterocycles. The largest absolute Gasteiger partial charge is 0.339 e. The number of aryl methyl sites for hydroxylation is 1. The second-order valence-electron chi connectivity index (χ2n) is 6.88. The predicted molar refractivity (Wildman–Crippen MR) is 88.5 cm³/mol. The van der Waals surface area contributed by atoms with Crippen LogP contribution in [0.1, 0.15) is 37.7 Å². The van der Waals surface area contributed by atoms with Crippen molar-refractivity contribution in [2.75, 3.05) is 20.1 Å². The van der Waals surface area contributed by atoms with Gasteiger partial charge in [0.25, 0.3) is 0 Å². The minimum absolute atomic E-state index is 0.0209. The van der Waals surface area contributed by atoms with E-state index in [-0.39, 0.29) is 17.3 Å². The Balaban J connectivity index is 1.91. The van der Waals surface area contributed by atoms with E-state index in [4.69, 9.17) is 0 Å². The maximum atomic E-state index is 13.8. The van der Waals surface area contributed by atoms with Crippen molar-refractivity contribution in [3.05, 3.63) is 29.6 Å². The first-order chi connectivity index (χ1) is 11.3. The summed E-state index contributed by atoms with van der Waals surface area (Å²) in [6, 6.07) is 4.02. The molecule has 2 aliphatic rings. The highest BCUT2D eigenvalue weighted by Gasteiger charge is 2.46. The van der Waals surface area contributed by atoms with E-state index >= 15 is 0 Å². The van der Waals surface area contributed by atoms with Crippen molar-refractivity contribution in [3.8, 4) is 0 Å². The number of sulfonamides is 1. The van der Waals surface area contributed by atoms with Gasteiger partial charge in [0.2, 0.25) is 15.9 Å². The first-order valence-corrected chi connectivity index (χ1v) is 9.73. The van der Waals surface area contributed by atoms with Crippen molar-refractivity contribution in [2.45, 2.75) is 49.5 Å². The van der Waals surface area contributed by atoms with Gasteiger partial charge in [0, 0.05) is 26.6 Å². The van der Waals surface area contributed by atoms with E-state index < -0.39 is 21.4 Å². The van der Waals surface area contributed by atoms with E-state index in [9.17, 15) is 17.6 Å². The molecule has 1 unspecified atom stereocenters. The zero-order valence-corrected chi connectivity index (χ0v) is 14.9. The molecule has 7 heteroatoms. The molecule has 1 aromatic carbocycles. The number of halogens is 1. The van der Waals surface area contributed by atoms with Crippen molar-refractivity contribution in [1.29, 1.82) is 0 Å². The van der Waals surface area contributed by atoms with E-state index in [1.165, 1.54) is 16.4 Å². The summed E-state index contributed by atoms with van der Waals surface area (Å²) in [4.78, 5) is 13.8. The van der Waals surface area contributed by atoms with Crippen LogP contribution in [0, 0.1) is 12.7 Å². The molecule has 0 aliphatic carbocycles. The summed E-state index contributed by atoms with van der Waals surface area (Å²) < 4.78 is 41.1. The summed E-state index contributed by atoms with van der Waals surface area (Å²) in [5, 5.41) is 0. The van der Waals surface area contributed by atoms with Crippen molar-refractivity contribution in [3.63, 3.8) is 0 Å². The van der Waals surface area contributed by atoms with Gasteiger partial charge in [0.1, 0.15) is 5.82 Å². The molecule has 3 rings (SSSR count). The van der Waals surface area contributed by atoms with Gasteiger partial charge in [-0.05, 0) is 50.3 Å². The smallest absolute Gasteiger partial charge is 0.243 e. The number of rotatable bonds is 2. The molecule has 0 N–H and O–H groups in total. The Kier molecular flexibility index (Phi) is 4.42. The summed E-state index contributed by atoms with van der Waals surface area (Å²) >= 11 is 0. The van der Waals surface area contributed by atoms with Gasteiger partial charge in [-0.2, -0.15) is 4.31 Å². The SMILES string of the molecule is Cc1ccc(S(=O)(=O)N2CCCC3(CCCC(=O)N3C)C2)cc1F. The van der Waals surface area contributed by atoms with Gasteiger partial charge < -0.3 is 4.90 Å². The maximum Gasteiger partial charge on any atom is 0.243 e. The number of piperidine rings is 2. The van der Waals surface area contributed by atoms with Crippen LogP contribution in [0.4, 0.5) is 4.39 Å². The Labute approximate surface area is 142 Å². The fourth-order valence-electron chi connectivity index (χ4n) is 3.81. The lowest BCUT2D eigenvalue weighted by atomic mass is 9.81. The summed E-state index contributed by atoms with van der Waals surface area (Å²) in [6.45, 7) is 2.29. The van der Waals surface area contributed by atoms with Crippen LogP contribution in [-0.4, -0.2) is 49.2 Å². The number of hydrogen-bond donors (Lipinski definition) is 0. The van der Waals surface area contributed by atoms with Crippen LogP contribution in [0.25, 0.3) is 0 Å². The molecule has 132 valence electrons. The lowest BCUT2D eigenvalue weighted by molar-refractivity contribution is -0.141. The highest BCUT2D eigenvalue weighted by atomic mass is 32.2. The molecule has 24 heavy (non-hydrogen) atoms. The van der Waals surface area contributed by atoms with Gasteiger partial charge in [-0.1, -0.05) is 6.07 Å². The van der Waals surface area contributed by atoms with Crippen molar-refractivity contribution in [2.24, 2.45) is 0 Å². The Hall–Kier alpha value is -1.47. The van der Waals surface area contributed by atoms with E-state index in [1.54, 1.807) is 18.9 Å². The Morgan fingerprint density at radius 1 is 1.21 bits per heavy atom. The Morgan fingerprint density at radius 2 is 1.92 bits per heavy atom. The van der Waals surface area contributed by atoms with Crippen LogP contribution < -0.4 is 0 Å². The topological polar surface area (TPSA) is 57.7 Å². The molecule has 1 aromatic rings. The van der Waals surface area contributed by atoms with Crippen molar-refractivity contribution < 1.29 is 17.6 Å². The molecule has 0 bridgehead atoms. The molecule has 1 amide bonds. The third-order valence-electron chi connectivity index (χ3n) is 5.42. The number of hydrogen-bond acceptors (Lipinski definition) is 3. The average Bonchev–Trinajstić information content (AvgIpc) is 2.55. The standard InChI is InChI=1S/C17H23FN2O3S/c1-13-6-7-14(11-15(13)18)24(22,23)20-10-4-9-17(12-20)8-3-5-16(21)19(17)2/h6-7,11H,3-5,8-10,12H2,1-2H3. The molecule has 2 aliphatic heterocycles. The molecule has 0 aromatic heterocycles. The first-order valence-electron chi connectivity index (χ1n) is 8.29. The van der Waals surface area contributed by atoms with E-state index in [2.05, 4.69) is 0 Å². The Bertz CT molecular complexity index is 761. The quantitative estimate of drug-likeness (QED) is 0.819. The van der Waals surface area contributed by atoms with Gasteiger partial charge in [0.05, 0.1) is 10.4 Å². The molecular formula is C17H23FN2O3S. The summed E-state index contributed by atoms with van der Waals surface area (Å²) in [6.07, 6.45) is 3.63. The molecule has 0 radical (unpaired) electrons. The highest BCUT2D eigenvalue weighted by molar-refractivity contribution is 7.89. The third-order valence-corrected chi connectivity index (χ3v) is 7.26. The number of amides is 1. The van der Waals surface area contributed by atoms with Crippen LogP contribution in [0.15, 0.2) is 23.1 Å². The lowest BCUT2D eigenvalue weighted by Gasteiger charge is -2.50. The first kappa shape index (κ1) is 17.4. The van der Waals surface area contributed by atoms with Crippen LogP contribution >= 0.6 is 0 Å². The minimum Gasteiger partial charge on any atom is -0.339 e. The van der Waals surface area contributed by atoms with Crippen molar-refractivity contribution >= 4 is 15.9 Å². The maximum absolute atomic E-state index is 13.8. The molecular weight excluding hydrogens is 331 g/mol. The zero-order chi connectivity index (χ0) is 17.5. The zero-order valence-electron chi connectivity index (χ0n) is 14.1. The number of nitrogens with zero attached hydrogens (tertiary/aromatic N) is 2. The molecule has 1 atom stereocenters. The molecule has 2 fully saturated rings. The monoisotopic (exact) mass is 354 g/mol. The second kappa shape index (κ2) is 6.11. The van der Waals surface area contributed by atoms with Gasteiger partial charge in [-0.25, -0.2) is 12.8 Å². The number of carbonyl (C=O) groups is 1. The summed E-state index contributed by atoms with van der Waals surface area (Å²) in [5.74, 6) is -0.449. The van der Waals surface area contributed by atoms with E-state index in [0.29, 0.717) is 24.9 Å². The van der Waals surface area contributed by atoms with Gasteiger partial charge in [-0.15, -0.1) is 0 Å². The third kappa shape index (κ3) is 2.84. The van der Waals surface area contributed by atoms with Crippen molar-refractivity contribution in [1.82, 2.24) is 9.21 Å². The highest BCUT2D eigenvalue weighted by Crippen LogP contribution is 2.37. The Morgan fingerprint density at radius 3 is 2.62 bits per heavy atom. The molecule has 1 spiro atoms.